The fourth-order valence-electron chi connectivity index (χ4n) is 4.54. The van der Waals surface area contributed by atoms with Crippen molar-refractivity contribution in [3.63, 3.8) is 0 Å². The topological polar surface area (TPSA) is 244 Å². The highest BCUT2D eigenvalue weighted by molar-refractivity contribution is 5.65. The van der Waals surface area contributed by atoms with Gasteiger partial charge in [0.25, 0.3) is 11.4 Å². The molecule has 3 N–H and O–H groups in total. The Hall–Kier alpha value is -3.84. The maximum atomic E-state index is 11.2. The van der Waals surface area contributed by atoms with Gasteiger partial charge in [0.2, 0.25) is 0 Å². The van der Waals surface area contributed by atoms with Crippen LogP contribution in [0.25, 0.3) is 0 Å². The lowest BCUT2D eigenvalue weighted by molar-refractivity contribution is -0.393. The molecule has 0 radical (unpaired) electrons. The van der Waals surface area contributed by atoms with Gasteiger partial charge in [-0.3, -0.25) is 20.2 Å². The predicted molar refractivity (Wildman–Crippen MR) is 214 cm³/mol. The molecule has 0 saturated carbocycles. The van der Waals surface area contributed by atoms with E-state index in [0.717, 1.165) is 6.07 Å². The van der Waals surface area contributed by atoms with E-state index >= 15 is 0 Å². The van der Waals surface area contributed by atoms with Gasteiger partial charge >= 0.3 is 0 Å². The zero-order chi connectivity index (χ0) is 42.3. The van der Waals surface area contributed by atoms with Crippen LogP contribution in [0, 0.1) is 20.2 Å². The number of hydrogen-bond acceptors (Lipinski definition) is 19. The average molecular weight is 847 g/mol. The molecule has 2 aromatic carbocycles. The van der Waals surface area contributed by atoms with E-state index in [4.69, 9.17) is 67.3 Å². The molecule has 0 bridgehead atoms. The molecule has 0 atom stereocenters. The second-order valence-electron chi connectivity index (χ2n) is 11.9. The number of benzene rings is 2. The molecule has 0 aliphatic heterocycles. The molecule has 59 heavy (non-hydrogen) atoms. The molecule has 2 aromatic rings. The van der Waals surface area contributed by atoms with Gasteiger partial charge in [-0.15, -0.1) is 0 Å². The van der Waals surface area contributed by atoms with Crippen LogP contribution in [-0.2, 0) is 56.8 Å². The Morgan fingerprint density at radius 3 is 1.12 bits per heavy atom. The molecule has 21 heteroatoms. The molecule has 0 aliphatic carbocycles. The Morgan fingerprint density at radius 2 is 0.780 bits per heavy atom. The number of anilines is 2. The summed E-state index contributed by atoms with van der Waals surface area (Å²) in [6.45, 7) is 11.4. The highest BCUT2D eigenvalue weighted by Gasteiger charge is 2.19. The molecular formula is C38H62N4O17. The van der Waals surface area contributed by atoms with Crippen molar-refractivity contribution in [2.24, 2.45) is 0 Å². The Balaban J connectivity index is 1.17. The van der Waals surface area contributed by atoms with Crippen molar-refractivity contribution in [3.05, 3.63) is 62.7 Å². The Morgan fingerprint density at radius 1 is 0.441 bits per heavy atom. The first-order chi connectivity index (χ1) is 29.0. The number of rotatable bonds is 43. The number of nitrogens with zero attached hydrogens (tertiary/aromatic N) is 2. The fraction of sp³-hybridized carbons (Fsp3) is 0.684. The third-order valence-corrected chi connectivity index (χ3v) is 7.45. The number of hydrogen-bond donors (Lipinski definition) is 2. The summed E-state index contributed by atoms with van der Waals surface area (Å²) < 4.78 is 71.2. The summed E-state index contributed by atoms with van der Waals surface area (Å²) in [5.74, 6) is 0.657. The third kappa shape index (κ3) is 29.1. The minimum Gasteiger partial charge on any atom is -0.489 e. The first kappa shape index (κ1) is 51.3. The molecule has 336 valence electrons. The van der Waals surface area contributed by atoms with Crippen LogP contribution in [0.5, 0.6) is 5.75 Å². The van der Waals surface area contributed by atoms with Crippen LogP contribution in [0.3, 0.4) is 0 Å². The number of nitrogen functional groups attached to an aromatic ring is 1. The van der Waals surface area contributed by atoms with Crippen molar-refractivity contribution in [2.45, 2.75) is 0 Å². The van der Waals surface area contributed by atoms with Gasteiger partial charge in [0, 0.05) is 12.6 Å². The summed E-state index contributed by atoms with van der Waals surface area (Å²) in [6.07, 6.45) is 0. The molecule has 0 spiro atoms. The van der Waals surface area contributed by atoms with Crippen molar-refractivity contribution >= 4 is 22.7 Å². The van der Waals surface area contributed by atoms with E-state index in [1.165, 1.54) is 12.1 Å². The Kier molecular flexibility index (Phi) is 32.3. The number of para-hydroxylation sites is 2. The number of nitro groups is 2. The molecule has 0 fully saturated rings. The molecular weight excluding hydrogens is 784 g/mol. The largest absolute Gasteiger partial charge is 0.489 e. The van der Waals surface area contributed by atoms with Crippen molar-refractivity contribution in [2.75, 3.05) is 183 Å². The van der Waals surface area contributed by atoms with E-state index in [1.54, 1.807) is 6.07 Å². The lowest BCUT2D eigenvalue weighted by Gasteiger charge is -2.10. The van der Waals surface area contributed by atoms with Gasteiger partial charge in [0.1, 0.15) is 18.0 Å². The zero-order valence-electron chi connectivity index (χ0n) is 33.8. The summed E-state index contributed by atoms with van der Waals surface area (Å²) in [7, 11) is 0. The molecule has 0 aromatic heterocycles. The summed E-state index contributed by atoms with van der Waals surface area (Å²) in [6, 6.07) is 10.8. The van der Waals surface area contributed by atoms with Crippen molar-refractivity contribution in [3.8, 4) is 5.75 Å². The highest BCUT2D eigenvalue weighted by Crippen LogP contribution is 2.28. The molecule has 21 nitrogen and oxygen atoms in total. The van der Waals surface area contributed by atoms with Gasteiger partial charge in [-0.1, -0.05) is 12.1 Å². The molecule has 0 saturated heterocycles. The molecule has 0 aliphatic rings. The minimum absolute atomic E-state index is 0.182. The predicted octanol–water partition coefficient (Wildman–Crippen LogP) is 2.78. The molecule has 2 rings (SSSR count). The van der Waals surface area contributed by atoms with Crippen LogP contribution in [0.1, 0.15) is 0 Å². The number of nitro benzene ring substituents is 2. The van der Waals surface area contributed by atoms with Gasteiger partial charge in [0.05, 0.1) is 180 Å². The Labute approximate surface area is 345 Å². The van der Waals surface area contributed by atoms with Crippen LogP contribution >= 0.6 is 0 Å². The number of nitrogens with two attached hydrogens (primary N) is 1. The first-order valence-electron chi connectivity index (χ1n) is 19.6. The van der Waals surface area contributed by atoms with Crippen LogP contribution in [0.15, 0.2) is 42.5 Å². The normalized spacial score (nSPS) is 11.3. The summed E-state index contributed by atoms with van der Waals surface area (Å²) in [5.41, 5.74) is 5.89. The van der Waals surface area contributed by atoms with Crippen LogP contribution < -0.4 is 15.8 Å². The number of non-ortho nitro benzene ring substituents is 1. The lowest BCUT2D eigenvalue weighted by atomic mass is 10.2. The van der Waals surface area contributed by atoms with Crippen LogP contribution in [0.4, 0.5) is 22.7 Å². The number of nitrogens with one attached hydrogen (secondary N) is 1. The van der Waals surface area contributed by atoms with Crippen LogP contribution in [0.2, 0.25) is 0 Å². The van der Waals surface area contributed by atoms with Gasteiger partial charge in [-0.25, -0.2) is 0 Å². The standard InChI is InChI=1S/C38H62N4O17/c39-35-3-1-2-4-38(35)59-32-31-58-30-29-57-28-27-56-26-25-55-24-23-54-22-21-53-20-19-52-18-17-51-16-15-50-14-13-49-12-11-48-10-9-47-8-7-40-36-6-5-34(41(43)44)33-37(36)42(45)46/h1-6,33,40H,7-32,39H2. The number of ether oxygens (including phenoxy) is 13. The quantitative estimate of drug-likeness (QED) is 0.0422. The maximum absolute atomic E-state index is 11.2. The van der Waals surface area contributed by atoms with E-state index in [0.29, 0.717) is 170 Å². The first-order valence-corrected chi connectivity index (χ1v) is 19.6. The third-order valence-electron chi connectivity index (χ3n) is 7.45. The maximum Gasteiger partial charge on any atom is 0.299 e. The second kappa shape index (κ2) is 37.2. The summed E-state index contributed by atoms with van der Waals surface area (Å²) in [5, 5.41) is 24.8. The monoisotopic (exact) mass is 846 g/mol. The highest BCUT2D eigenvalue weighted by atomic mass is 16.6. The van der Waals surface area contributed by atoms with Crippen molar-refractivity contribution < 1.29 is 71.4 Å². The van der Waals surface area contributed by atoms with E-state index < -0.39 is 9.85 Å². The molecule has 0 heterocycles. The SMILES string of the molecule is Nc1ccccc1OCCOCCOCCOCCOCCOCCOCCOCCOCCOCCOCCOCCOCCNc1ccc([N+](=O)[O-])cc1[N+](=O)[O-]. The Bertz CT molecular complexity index is 1330. The second-order valence-corrected chi connectivity index (χ2v) is 11.9. The van der Waals surface area contributed by atoms with Crippen molar-refractivity contribution in [1.82, 2.24) is 0 Å². The van der Waals surface area contributed by atoms with Gasteiger partial charge in [0.15, 0.2) is 0 Å². The van der Waals surface area contributed by atoms with E-state index in [1.807, 2.05) is 18.2 Å². The van der Waals surface area contributed by atoms with E-state index in [2.05, 4.69) is 5.32 Å². The minimum atomic E-state index is -0.682. The zero-order valence-corrected chi connectivity index (χ0v) is 33.8. The van der Waals surface area contributed by atoms with Gasteiger partial charge in [-0.2, -0.15) is 0 Å². The van der Waals surface area contributed by atoms with E-state index in [9.17, 15) is 20.2 Å². The smallest absolute Gasteiger partial charge is 0.299 e. The molecule has 0 unspecified atom stereocenters. The van der Waals surface area contributed by atoms with Gasteiger partial charge < -0.3 is 72.6 Å². The van der Waals surface area contributed by atoms with Gasteiger partial charge in [-0.05, 0) is 18.2 Å². The summed E-state index contributed by atoms with van der Waals surface area (Å²) >= 11 is 0. The lowest BCUT2D eigenvalue weighted by Crippen LogP contribution is -2.16. The van der Waals surface area contributed by atoms with E-state index in [-0.39, 0.29) is 30.2 Å². The average Bonchev–Trinajstić information content (AvgIpc) is 3.23. The molecule has 0 amide bonds. The van der Waals surface area contributed by atoms with Crippen LogP contribution in [-0.4, -0.2) is 182 Å². The van der Waals surface area contributed by atoms with Crippen molar-refractivity contribution in [1.29, 1.82) is 0 Å². The summed E-state index contributed by atoms with van der Waals surface area (Å²) in [4.78, 5) is 20.6. The fourth-order valence-corrected chi connectivity index (χ4v) is 4.54.